The van der Waals surface area contributed by atoms with Crippen LogP contribution in [0, 0.1) is 11.6 Å². The van der Waals surface area contributed by atoms with E-state index >= 15 is 0 Å². The van der Waals surface area contributed by atoms with Gasteiger partial charge in [0.1, 0.15) is 6.33 Å². The molecule has 36 heavy (non-hydrogen) atoms. The van der Waals surface area contributed by atoms with E-state index in [1.54, 1.807) is 41.3 Å². The Bertz CT molecular complexity index is 1430. The third kappa shape index (κ3) is 4.57. The number of halogens is 2. The second-order valence-electron chi connectivity index (χ2n) is 8.56. The van der Waals surface area contributed by atoms with E-state index in [1.165, 1.54) is 30.4 Å². The van der Waals surface area contributed by atoms with E-state index in [-0.39, 0.29) is 43.3 Å². The molecule has 184 valence electrons. The first-order chi connectivity index (χ1) is 17.4. The lowest BCUT2D eigenvalue weighted by atomic mass is 9.84. The Balaban J connectivity index is 1.22. The van der Waals surface area contributed by atoms with Crippen LogP contribution in [0.3, 0.4) is 0 Å². The molecule has 0 saturated carbocycles. The summed E-state index contributed by atoms with van der Waals surface area (Å²) in [7, 11) is 0. The average molecular weight is 509 g/mol. The maximum atomic E-state index is 14.2. The van der Waals surface area contributed by atoms with E-state index in [1.807, 2.05) is 6.07 Å². The van der Waals surface area contributed by atoms with Crippen LogP contribution in [0.5, 0.6) is 5.88 Å². The number of fused-ring (bicyclic) bond motifs is 1. The topological polar surface area (TPSA) is 98.6 Å². The molecule has 0 aliphatic carbocycles. The van der Waals surface area contributed by atoms with E-state index < -0.39 is 17.2 Å². The Morgan fingerprint density at radius 2 is 1.72 bits per heavy atom. The summed E-state index contributed by atoms with van der Waals surface area (Å²) in [5, 5.41) is 21.4. The van der Waals surface area contributed by atoms with Gasteiger partial charge in [-0.1, -0.05) is 18.2 Å². The molecule has 1 aliphatic rings. The highest BCUT2D eigenvalue weighted by Crippen LogP contribution is 2.35. The van der Waals surface area contributed by atoms with Crippen LogP contribution in [0.1, 0.15) is 28.8 Å². The van der Waals surface area contributed by atoms with E-state index in [2.05, 4.69) is 14.7 Å². The van der Waals surface area contributed by atoms with Gasteiger partial charge in [-0.3, -0.25) is 4.79 Å². The fourth-order valence-electron chi connectivity index (χ4n) is 4.32. The van der Waals surface area contributed by atoms with Gasteiger partial charge in [-0.2, -0.15) is 0 Å². The third-order valence-corrected chi connectivity index (χ3v) is 7.24. The summed E-state index contributed by atoms with van der Waals surface area (Å²) in [4.78, 5) is 23.4. The Hall–Kier alpha value is -3.76. The van der Waals surface area contributed by atoms with Crippen LogP contribution < -0.4 is 4.72 Å². The van der Waals surface area contributed by atoms with Crippen molar-refractivity contribution in [2.45, 2.75) is 23.3 Å². The van der Waals surface area contributed by atoms with Crippen molar-refractivity contribution in [1.82, 2.24) is 14.9 Å². The van der Waals surface area contributed by atoms with Crippen molar-refractivity contribution in [2.75, 3.05) is 17.8 Å². The van der Waals surface area contributed by atoms with Gasteiger partial charge in [0.15, 0.2) is 11.6 Å². The first-order valence-electron chi connectivity index (χ1n) is 11.3. The molecule has 3 N–H and O–H groups in total. The van der Waals surface area contributed by atoms with Crippen molar-refractivity contribution in [3.05, 3.63) is 89.8 Å². The predicted octanol–water partition coefficient (Wildman–Crippen LogP) is 4.86. The van der Waals surface area contributed by atoms with Gasteiger partial charge in [0.2, 0.25) is 5.88 Å². The summed E-state index contributed by atoms with van der Waals surface area (Å²) in [6.45, 7) is 0.438. The molecule has 4 aromatic rings. The number of aliphatic hydroxyl groups is 1. The molecule has 0 bridgehead atoms. The molecule has 1 aromatic heterocycles. The van der Waals surface area contributed by atoms with E-state index in [0.717, 1.165) is 16.6 Å². The number of aromatic hydroxyl groups is 1. The van der Waals surface area contributed by atoms with Crippen LogP contribution in [0.4, 0.5) is 14.5 Å². The zero-order chi connectivity index (χ0) is 25.3. The Kier molecular flexibility index (Phi) is 6.46. The Labute approximate surface area is 209 Å². The van der Waals surface area contributed by atoms with Crippen LogP contribution in [-0.2, 0) is 5.60 Å². The van der Waals surface area contributed by atoms with Gasteiger partial charge in [0.25, 0.3) is 5.91 Å². The summed E-state index contributed by atoms with van der Waals surface area (Å²) in [5.74, 6) is -2.33. The fourth-order valence-corrected chi connectivity index (χ4v) is 5.09. The lowest BCUT2D eigenvalue weighted by Gasteiger charge is -2.38. The number of anilines is 1. The largest absolute Gasteiger partial charge is 0.493 e. The maximum Gasteiger partial charge on any atom is 0.253 e. The molecule has 1 fully saturated rings. The van der Waals surface area contributed by atoms with Crippen molar-refractivity contribution in [2.24, 2.45) is 0 Å². The normalized spacial score (nSPS) is 15.1. The Morgan fingerprint density at radius 3 is 2.47 bits per heavy atom. The molecule has 0 radical (unpaired) electrons. The zero-order valence-electron chi connectivity index (χ0n) is 19.0. The number of aromatic nitrogens is 2. The van der Waals surface area contributed by atoms with Gasteiger partial charge < -0.3 is 19.8 Å². The van der Waals surface area contributed by atoms with E-state index in [9.17, 15) is 23.8 Å². The van der Waals surface area contributed by atoms with Crippen molar-refractivity contribution >= 4 is 34.4 Å². The number of hydrogen-bond donors (Lipinski definition) is 3. The standard InChI is InChI=1S/C26H22F2N4O3S/c27-20-5-2-4-19(22(20)28)26(35)11-13-32(14-12-26)25(34)16-7-9-17(10-8-16)31-36-21-6-1-3-18-23(21)29-15-30-24(18)33/h1-10,15,31,35H,11-14H2,(H,29,30,33). The number of carbonyl (C=O) groups is 1. The SMILES string of the molecule is O=C(c1ccc(NSc2cccc3c(O)ncnc23)cc1)N1CCC(O)(c2cccc(F)c2F)CC1. The fraction of sp³-hybridized carbons (Fsp3) is 0.192. The lowest BCUT2D eigenvalue weighted by Crippen LogP contribution is -2.45. The minimum absolute atomic E-state index is 0.0737. The molecule has 10 heteroatoms. The molecule has 0 atom stereocenters. The van der Waals surface area contributed by atoms with Crippen LogP contribution in [0.15, 0.2) is 71.9 Å². The van der Waals surface area contributed by atoms with Gasteiger partial charge in [0, 0.05) is 29.9 Å². The first-order valence-corrected chi connectivity index (χ1v) is 12.1. The van der Waals surface area contributed by atoms with Crippen LogP contribution in [0.25, 0.3) is 10.9 Å². The van der Waals surface area contributed by atoms with Gasteiger partial charge in [-0.25, -0.2) is 18.7 Å². The van der Waals surface area contributed by atoms with Crippen molar-refractivity contribution in [1.29, 1.82) is 0 Å². The number of nitrogens with one attached hydrogen (secondary N) is 1. The third-order valence-electron chi connectivity index (χ3n) is 6.35. The van der Waals surface area contributed by atoms with Crippen molar-refractivity contribution in [3.63, 3.8) is 0 Å². The quantitative estimate of drug-likeness (QED) is 0.331. The predicted molar refractivity (Wildman–Crippen MR) is 133 cm³/mol. The molecule has 5 rings (SSSR count). The molecule has 1 aliphatic heterocycles. The summed E-state index contributed by atoms with van der Waals surface area (Å²) in [6, 6.07) is 16.1. The highest BCUT2D eigenvalue weighted by atomic mass is 32.2. The summed E-state index contributed by atoms with van der Waals surface area (Å²) >= 11 is 1.32. The number of carbonyl (C=O) groups excluding carboxylic acids is 1. The minimum atomic E-state index is -1.52. The minimum Gasteiger partial charge on any atom is -0.493 e. The molecule has 3 aromatic carbocycles. The van der Waals surface area contributed by atoms with Crippen LogP contribution in [-0.4, -0.2) is 44.1 Å². The van der Waals surface area contributed by atoms with Gasteiger partial charge >= 0.3 is 0 Å². The van der Waals surface area contributed by atoms with Crippen LogP contribution in [0.2, 0.25) is 0 Å². The van der Waals surface area contributed by atoms with Crippen LogP contribution >= 0.6 is 11.9 Å². The average Bonchev–Trinajstić information content (AvgIpc) is 2.89. The lowest BCUT2D eigenvalue weighted by molar-refractivity contribution is -0.0240. The van der Waals surface area contributed by atoms with E-state index in [4.69, 9.17) is 0 Å². The van der Waals surface area contributed by atoms with Crippen molar-refractivity contribution < 1.29 is 23.8 Å². The van der Waals surface area contributed by atoms with Crippen molar-refractivity contribution in [3.8, 4) is 5.88 Å². The highest BCUT2D eigenvalue weighted by molar-refractivity contribution is 8.00. The summed E-state index contributed by atoms with van der Waals surface area (Å²) in [6.07, 6.45) is 1.53. The van der Waals surface area contributed by atoms with Gasteiger partial charge in [-0.05, 0) is 67.3 Å². The molecular weight excluding hydrogens is 486 g/mol. The number of hydrogen-bond acceptors (Lipinski definition) is 7. The molecule has 2 heterocycles. The number of piperidine rings is 1. The Morgan fingerprint density at radius 1 is 1.00 bits per heavy atom. The number of amides is 1. The molecular formula is C26H22F2N4O3S. The first kappa shape index (κ1) is 24.0. The smallest absolute Gasteiger partial charge is 0.253 e. The van der Waals surface area contributed by atoms with Gasteiger partial charge in [-0.15, -0.1) is 0 Å². The molecule has 0 spiro atoms. The molecule has 1 saturated heterocycles. The maximum absolute atomic E-state index is 14.2. The number of rotatable bonds is 5. The zero-order valence-corrected chi connectivity index (χ0v) is 19.8. The molecule has 1 amide bonds. The molecule has 0 unspecified atom stereocenters. The summed E-state index contributed by atoms with van der Waals surface area (Å²) in [5.41, 5.74) is 0.280. The number of benzene rings is 3. The highest BCUT2D eigenvalue weighted by Gasteiger charge is 2.38. The second-order valence-corrected chi connectivity index (χ2v) is 9.40. The monoisotopic (exact) mass is 508 g/mol. The number of likely N-dealkylation sites (tertiary alicyclic amines) is 1. The number of nitrogens with zero attached hydrogens (tertiary/aromatic N) is 3. The molecule has 7 nitrogen and oxygen atoms in total. The summed E-state index contributed by atoms with van der Waals surface area (Å²) < 4.78 is 31.0. The van der Waals surface area contributed by atoms with Gasteiger partial charge in [0.05, 0.1) is 21.4 Å². The second kappa shape index (κ2) is 9.71. The number of para-hydroxylation sites is 1. The van der Waals surface area contributed by atoms with E-state index in [0.29, 0.717) is 16.5 Å².